The molecule has 3 aromatic heterocycles. The van der Waals surface area contributed by atoms with Gasteiger partial charge in [0.2, 0.25) is 5.82 Å². The molecule has 3 heterocycles. The van der Waals surface area contributed by atoms with Gasteiger partial charge >= 0.3 is 6.43 Å². The molecular formula is C17H11F3N4OS. The van der Waals surface area contributed by atoms with Crippen molar-refractivity contribution < 1.29 is 17.6 Å². The molecule has 0 bridgehead atoms. The van der Waals surface area contributed by atoms with Crippen LogP contribution in [0, 0.1) is 5.82 Å². The van der Waals surface area contributed by atoms with Crippen molar-refractivity contribution in [2.24, 2.45) is 0 Å². The molecule has 0 unspecified atom stereocenters. The minimum atomic E-state index is -2.88. The Labute approximate surface area is 149 Å². The predicted molar refractivity (Wildman–Crippen MR) is 89.4 cm³/mol. The number of benzene rings is 1. The molecule has 0 aliphatic carbocycles. The molecule has 132 valence electrons. The van der Waals surface area contributed by atoms with Crippen LogP contribution in [0.25, 0.3) is 17.2 Å². The lowest BCUT2D eigenvalue weighted by Crippen LogP contribution is -1.93. The van der Waals surface area contributed by atoms with E-state index >= 15 is 0 Å². The second kappa shape index (κ2) is 6.83. The summed E-state index contributed by atoms with van der Waals surface area (Å²) in [7, 11) is 0. The van der Waals surface area contributed by atoms with Crippen LogP contribution in [-0.4, -0.2) is 19.6 Å². The number of aromatic nitrogens is 4. The van der Waals surface area contributed by atoms with Gasteiger partial charge in [0.25, 0.3) is 11.8 Å². The first-order chi connectivity index (χ1) is 12.6. The van der Waals surface area contributed by atoms with Crippen molar-refractivity contribution >= 4 is 17.3 Å². The molecular weight excluding hydrogens is 365 g/mol. The molecule has 26 heavy (non-hydrogen) atoms. The van der Waals surface area contributed by atoms with Gasteiger partial charge in [0.1, 0.15) is 11.3 Å². The topological polar surface area (TPSA) is 56.2 Å². The zero-order chi connectivity index (χ0) is 18.1. The van der Waals surface area contributed by atoms with Gasteiger partial charge < -0.3 is 4.42 Å². The lowest BCUT2D eigenvalue weighted by Gasteiger charge is -2.05. The average Bonchev–Trinajstić information content (AvgIpc) is 3.28. The Morgan fingerprint density at radius 3 is 2.69 bits per heavy atom. The Morgan fingerprint density at radius 1 is 1.15 bits per heavy atom. The van der Waals surface area contributed by atoms with E-state index < -0.39 is 18.1 Å². The minimum absolute atomic E-state index is 0.112. The molecule has 1 aromatic carbocycles. The number of rotatable bonds is 5. The van der Waals surface area contributed by atoms with Gasteiger partial charge in [-0.15, -0.1) is 22.0 Å². The lowest BCUT2D eigenvalue weighted by molar-refractivity contribution is 0.116. The molecule has 0 fully saturated rings. The molecule has 0 atom stereocenters. The highest BCUT2D eigenvalue weighted by Gasteiger charge is 2.20. The van der Waals surface area contributed by atoms with Gasteiger partial charge in [-0.1, -0.05) is 30.3 Å². The van der Waals surface area contributed by atoms with Crippen LogP contribution in [0.5, 0.6) is 0 Å². The van der Waals surface area contributed by atoms with E-state index in [0.717, 1.165) is 5.56 Å². The Bertz CT molecular complexity index is 1050. The molecule has 0 N–H and O–H groups in total. The predicted octanol–water partition coefficient (Wildman–Crippen LogP) is 4.75. The van der Waals surface area contributed by atoms with Gasteiger partial charge in [-0.2, -0.15) is 8.78 Å². The first kappa shape index (κ1) is 16.6. The zero-order valence-electron chi connectivity index (χ0n) is 13.1. The summed E-state index contributed by atoms with van der Waals surface area (Å²) < 4.78 is 46.0. The van der Waals surface area contributed by atoms with Crippen molar-refractivity contribution in [3.63, 3.8) is 0 Å². The number of halogens is 3. The highest BCUT2D eigenvalue weighted by atomic mass is 32.2. The number of hydrogen-bond donors (Lipinski definition) is 0. The summed E-state index contributed by atoms with van der Waals surface area (Å²) in [5.74, 6) is -0.695. The molecule has 0 aliphatic heterocycles. The third-order valence-corrected chi connectivity index (χ3v) is 4.67. The number of pyridine rings is 1. The van der Waals surface area contributed by atoms with Crippen LogP contribution in [-0.2, 0) is 5.75 Å². The van der Waals surface area contributed by atoms with Gasteiger partial charge in [0.15, 0.2) is 0 Å². The Hall–Kier alpha value is -2.81. The quantitative estimate of drug-likeness (QED) is 0.470. The first-order valence-corrected chi connectivity index (χ1v) is 8.55. The van der Waals surface area contributed by atoms with E-state index in [1.165, 1.54) is 28.4 Å². The van der Waals surface area contributed by atoms with Crippen LogP contribution < -0.4 is 0 Å². The second-order valence-electron chi connectivity index (χ2n) is 5.38. The molecule has 5 nitrogen and oxygen atoms in total. The van der Waals surface area contributed by atoms with E-state index in [0.29, 0.717) is 10.6 Å². The van der Waals surface area contributed by atoms with E-state index in [1.807, 2.05) is 30.3 Å². The average molecular weight is 376 g/mol. The Kier molecular flexibility index (Phi) is 4.37. The summed E-state index contributed by atoms with van der Waals surface area (Å²) >= 11 is 1.44. The van der Waals surface area contributed by atoms with Crippen molar-refractivity contribution in [1.82, 2.24) is 19.6 Å². The maximum Gasteiger partial charge on any atom is 0.314 e. The van der Waals surface area contributed by atoms with Crippen LogP contribution in [0.1, 0.15) is 17.9 Å². The normalized spacial score (nSPS) is 11.5. The summed E-state index contributed by atoms with van der Waals surface area (Å²) in [6.45, 7) is 0. The van der Waals surface area contributed by atoms with E-state index in [4.69, 9.17) is 4.42 Å². The Balaban J connectivity index is 1.68. The third-order valence-electron chi connectivity index (χ3n) is 3.63. The van der Waals surface area contributed by atoms with Crippen molar-refractivity contribution in [3.8, 4) is 11.7 Å². The smallest absolute Gasteiger partial charge is 0.314 e. The van der Waals surface area contributed by atoms with Crippen molar-refractivity contribution in [3.05, 3.63) is 66.1 Å². The highest BCUT2D eigenvalue weighted by molar-refractivity contribution is 7.98. The fourth-order valence-electron chi connectivity index (χ4n) is 2.42. The molecule has 9 heteroatoms. The molecule has 4 aromatic rings. The van der Waals surface area contributed by atoms with Gasteiger partial charge in [0.05, 0.1) is 6.20 Å². The number of nitrogens with zero attached hydrogens (tertiary/aromatic N) is 4. The summed E-state index contributed by atoms with van der Waals surface area (Å²) in [6.07, 6.45) is 0.0829. The highest BCUT2D eigenvalue weighted by Crippen LogP contribution is 2.28. The van der Waals surface area contributed by atoms with Crippen LogP contribution in [0.15, 0.2) is 58.1 Å². The van der Waals surface area contributed by atoms with Crippen molar-refractivity contribution in [1.29, 1.82) is 0 Å². The first-order valence-electron chi connectivity index (χ1n) is 7.57. The van der Waals surface area contributed by atoms with Crippen LogP contribution in [0.4, 0.5) is 13.2 Å². The number of alkyl halides is 2. The molecule has 0 aliphatic rings. The summed E-state index contributed by atoms with van der Waals surface area (Å²) in [5.41, 5.74) is 1.29. The lowest BCUT2D eigenvalue weighted by atomic mass is 10.2. The summed E-state index contributed by atoms with van der Waals surface area (Å²) in [5, 5.41) is 6.85. The standard InChI is InChI=1S/C17H11F3N4OS/c18-12-6-11(26-9-10-4-2-1-3-5-10)8-24-13(12)7-21-15(24)17-23-22-16(25-17)14(19)20/h1-8,14H,9H2. The van der Waals surface area contributed by atoms with Crippen LogP contribution in [0.3, 0.4) is 0 Å². The molecule has 0 amide bonds. The molecule has 0 saturated heterocycles. The van der Waals surface area contributed by atoms with E-state index in [-0.39, 0.29) is 17.2 Å². The SMILES string of the molecule is Fc1cc(SCc2ccccc2)cn2c(-c3nnc(C(F)F)o3)ncc12. The van der Waals surface area contributed by atoms with Gasteiger partial charge in [-0.3, -0.25) is 4.40 Å². The van der Waals surface area contributed by atoms with Gasteiger partial charge in [-0.05, 0) is 11.6 Å². The fraction of sp³-hybridized carbons (Fsp3) is 0.118. The minimum Gasteiger partial charge on any atom is -0.412 e. The summed E-state index contributed by atoms with van der Waals surface area (Å²) in [4.78, 5) is 4.69. The number of fused-ring (bicyclic) bond motifs is 1. The van der Waals surface area contributed by atoms with E-state index in [9.17, 15) is 13.2 Å². The Morgan fingerprint density at radius 2 is 1.96 bits per heavy atom. The van der Waals surface area contributed by atoms with Crippen LogP contribution >= 0.6 is 11.8 Å². The monoisotopic (exact) mass is 376 g/mol. The number of imidazole rings is 1. The summed E-state index contributed by atoms with van der Waals surface area (Å²) in [6, 6.07) is 11.2. The number of hydrogen-bond acceptors (Lipinski definition) is 5. The molecule has 0 spiro atoms. The number of thioether (sulfide) groups is 1. The molecule has 4 rings (SSSR count). The second-order valence-corrected chi connectivity index (χ2v) is 6.43. The zero-order valence-corrected chi connectivity index (χ0v) is 14.0. The van der Waals surface area contributed by atoms with E-state index in [1.54, 1.807) is 6.20 Å². The van der Waals surface area contributed by atoms with Crippen molar-refractivity contribution in [2.45, 2.75) is 17.1 Å². The van der Waals surface area contributed by atoms with Crippen LogP contribution in [0.2, 0.25) is 0 Å². The van der Waals surface area contributed by atoms with E-state index in [2.05, 4.69) is 15.2 Å². The maximum atomic E-state index is 14.4. The fourth-order valence-corrected chi connectivity index (χ4v) is 3.32. The molecule has 0 radical (unpaired) electrons. The molecule has 0 saturated carbocycles. The third kappa shape index (κ3) is 3.17. The van der Waals surface area contributed by atoms with Gasteiger partial charge in [0, 0.05) is 16.8 Å². The maximum absolute atomic E-state index is 14.4. The van der Waals surface area contributed by atoms with Gasteiger partial charge in [-0.25, -0.2) is 9.37 Å². The van der Waals surface area contributed by atoms with Crippen molar-refractivity contribution in [2.75, 3.05) is 0 Å². The largest absolute Gasteiger partial charge is 0.412 e.